The molecular formula is C11H11N3O. The van der Waals surface area contributed by atoms with Crippen molar-refractivity contribution in [2.75, 3.05) is 5.73 Å². The molecule has 0 atom stereocenters. The Hall–Kier alpha value is -2.10. The molecule has 4 nitrogen and oxygen atoms in total. The molecule has 0 aliphatic rings. The van der Waals surface area contributed by atoms with Gasteiger partial charge < -0.3 is 10.7 Å². The minimum Gasteiger partial charge on any atom is -0.379 e. The van der Waals surface area contributed by atoms with Gasteiger partial charge in [0.15, 0.2) is 5.82 Å². The van der Waals surface area contributed by atoms with E-state index in [-0.39, 0.29) is 11.4 Å². The van der Waals surface area contributed by atoms with E-state index < -0.39 is 0 Å². The van der Waals surface area contributed by atoms with Gasteiger partial charge >= 0.3 is 0 Å². The number of nitrogens with two attached hydrogens (primary N) is 1. The van der Waals surface area contributed by atoms with Gasteiger partial charge in [0, 0.05) is 0 Å². The van der Waals surface area contributed by atoms with E-state index in [0.717, 1.165) is 5.56 Å². The van der Waals surface area contributed by atoms with E-state index in [1.54, 1.807) is 6.20 Å². The number of H-pyrrole nitrogens is 1. The number of nitrogens with one attached hydrogen (secondary N) is 1. The molecule has 0 spiro atoms. The fraction of sp³-hybridized carbons (Fsp3) is 0.0909. The van der Waals surface area contributed by atoms with E-state index >= 15 is 0 Å². The van der Waals surface area contributed by atoms with Gasteiger partial charge in [-0.15, -0.1) is 0 Å². The van der Waals surface area contributed by atoms with Crippen molar-refractivity contribution in [1.82, 2.24) is 9.97 Å². The highest BCUT2D eigenvalue weighted by Gasteiger charge is 2.00. The smallest absolute Gasteiger partial charge is 0.290 e. The molecule has 0 amide bonds. The molecule has 4 heteroatoms. The lowest BCUT2D eigenvalue weighted by molar-refractivity contribution is 1.16. The molecule has 0 unspecified atom stereocenters. The summed E-state index contributed by atoms with van der Waals surface area (Å²) in [5, 5.41) is 0. The number of anilines is 1. The molecule has 3 N–H and O–H groups in total. The normalized spacial score (nSPS) is 10.2. The average Bonchev–Trinajstić information content (AvgIpc) is 2.23. The molecule has 1 aromatic heterocycles. The molecule has 15 heavy (non-hydrogen) atoms. The molecule has 0 bridgehead atoms. The Balaban J connectivity index is 2.50. The summed E-state index contributed by atoms with van der Waals surface area (Å²) in [7, 11) is 0. The zero-order valence-corrected chi connectivity index (χ0v) is 8.32. The summed E-state index contributed by atoms with van der Waals surface area (Å²) in [6, 6.07) is 7.81. The highest BCUT2D eigenvalue weighted by atomic mass is 16.1. The number of benzene rings is 1. The molecule has 0 fully saturated rings. The molecule has 76 valence electrons. The van der Waals surface area contributed by atoms with Crippen LogP contribution in [0.4, 0.5) is 5.82 Å². The molecule has 2 rings (SSSR count). The van der Waals surface area contributed by atoms with Gasteiger partial charge in [-0.25, -0.2) is 4.98 Å². The van der Waals surface area contributed by atoms with Crippen LogP contribution in [0.5, 0.6) is 0 Å². The van der Waals surface area contributed by atoms with Gasteiger partial charge in [0.05, 0.1) is 11.9 Å². The lowest BCUT2D eigenvalue weighted by Crippen LogP contribution is -2.13. The molecule has 0 aliphatic carbocycles. The van der Waals surface area contributed by atoms with Crippen LogP contribution < -0.4 is 11.3 Å². The Labute approximate surface area is 86.8 Å². The first-order chi connectivity index (χ1) is 7.16. The minimum atomic E-state index is -0.354. The summed E-state index contributed by atoms with van der Waals surface area (Å²) < 4.78 is 0. The Morgan fingerprint density at radius 2 is 1.93 bits per heavy atom. The summed E-state index contributed by atoms with van der Waals surface area (Å²) in [6.45, 7) is 2.01. The third-order valence-electron chi connectivity index (χ3n) is 2.18. The van der Waals surface area contributed by atoms with Crippen LogP contribution in [-0.2, 0) is 0 Å². The van der Waals surface area contributed by atoms with Crippen molar-refractivity contribution in [1.29, 1.82) is 0 Å². The topological polar surface area (TPSA) is 71.8 Å². The molecular weight excluding hydrogens is 190 g/mol. The SMILES string of the molecule is Cc1ccc(-c2cnc(N)c(=O)[nH]2)cc1. The molecule has 0 saturated heterocycles. The Kier molecular flexibility index (Phi) is 2.25. The maximum Gasteiger partial charge on any atom is 0.290 e. The zero-order chi connectivity index (χ0) is 10.8. The van der Waals surface area contributed by atoms with Crippen LogP contribution in [-0.4, -0.2) is 9.97 Å². The third kappa shape index (κ3) is 1.88. The lowest BCUT2D eigenvalue weighted by atomic mass is 10.1. The van der Waals surface area contributed by atoms with Crippen LogP contribution >= 0.6 is 0 Å². The maximum atomic E-state index is 11.2. The quantitative estimate of drug-likeness (QED) is 0.731. The number of nitrogens with zero attached hydrogens (tertiary/aromatic N) is 1. The predicted octanol–water partition coefficient (Wildman–Crippen LogP) is 1.33. The highest BCUT2D eigenvalue weighted by Crippen LogP contribution is 2.15. The zero-order valence-electron chi connectivity index (χ0n) is 8.32. The van der Waals surface area contributed by atoms with Crippen LogP contribution in [0.15, 0.2) is 35.3 Å². The standard InChI is InChI=1S/C11H11N3O/c1-7-2-4-8(5-3-7)9-6-13-10(12)11(15)14-9/h2-6H,1H3,(H2,12,13)(H,14,15). The fourth-order valence-electron chi connectivity index (χ4n) is 1.29. The molecule has 1 aromatic carbocycles. The van der Waals surface area contributed by atoms with Crippen LogP contribution in [0.1, 0.15) is 5.56 Å². The lowest BCUT2D eigenvalue weighted by Gasteiger charge is -2.01. The van der Waals surface area contributed by atoms with Gasteiger partial charge in [0.1, 0.15) is 0 Å². The second-order valence-electron chi connectivity index (χ2n) is 3.38. The van der Waals surface area contributed by atoms with Crippen molar-refractivity contribution < 1.29 is 0 Å². The monoisotopic (exact) mass is 201 g/mol. The number of hydrogen-bond donors (Lipinski definition) is 2. The number of aromatic amines is 1. The number of nitrogen functional groups attached to an aromatic ring is 1. The Morgan fingerprint density at radius 3 is 2.53 bits per heavy atom. The average molecular weight is 201 g/mol. The molecule has 0 saturated carbocycles. The van der Waals surface area contributed by atoms with Crippen LogP contribution in [0, 0.1) is 6.92 Å². The second-order valence-corrected chi connectivity index (χ2v) is 3.38. The van der Waals surface area contributed by atoms with Gasteiger partial charge in [0.25, 0.3) is 5.56 Å². The second kappa shape index (κ2) is 3.57. The van der Waals surface area contributed by atoms with Gasteiger partial charge in [-0.1, -0.05) is 29.8 Å². The summed E-state index contributed by atoms with van der Waals surface area (Å²) in [5.41, 5.74) is 7.75. The van der Waals surface area contributed by atoms with E-state index in [1.807, 2.05) is 31.2 Å². The summed E-state index contributed by atoms with van der Waals surface area (Å²) in [4.78, 5) is 17.7. The molecule has 2 aromatic rings. The van der Waals surface area contributed by atoms with Crippen molar-refractivity contribution >= 4 is 5.82 Å². The number of hydrogen-bond acceptors (Lipinski definition) is 3. The van der Waals surface area contributed by atoms with Gasteiger partial charge in [-0.3, -0.25) is 4.79 Å². The van der Waals surface area contributed by atoms with Crippen LogP contribution in [0.25, 0.3) is 11.3 Å². The van der Waals surface area contributed by atoms with Crippen molar-refractivity contribution in [3.05, 3.63) is 46.4 Å². The van der Waals surface area contributed by atoms with Crippen molar-refractivity contribution in [3.63, 3.8) is 0 Å². The summed E-state index contributed by atoms with van der Waals surface area (Å²) in [5.74, 6) is -0.00846. The summed E-state index contributed by atoms with van der Waals surface area (Å²) in [6.07, 6.45) is 1.56. The van der Waals surface area contributed by atoms with E-state index in [4.69, 9.17) is 5.73 Å². The summed E-state index contributed by atoms with van der Waals surface area (Å²) >= 11 is 0. The van der Waals surface area contributed by atoms with E-state index in [1.165, 1.54) is 5.56 Å². The largest absolute Gasteiger partial charge is 0.379 e. The van der Waals surface area contributed by atoms with Gasteiger partial charge in [0.2, 0.25) is 0 Å². The maximum absolute atomic E-state index is 11.2. The third-order valence-corrected chi connectivity index (χ3v) is 2.18. The molecule has 0 aliphatic heterocycles. The van der Waals surface area contributed by atoms with Crippen LogP contribution in [0.2, 0.25) is 0 Å². The first-order valence-electron chi connectivity index (χ1n) is 4.58. The van der Waals surface area contributed by atoms with Crippen molar-refractivity contribution in [2.45, 2.75) is 6.92 Å². The van der Waals surface area contributed by atoms with Crippen molar-refractivity contribution in [2.24, 2.45) is 0 Å². The predicted molar refractivity (Wildman–Crippen MR) is 59.4 cm³/mol. The van der Waals surface area contributed by atoms with Gasteiger partial charge in [-0.2, -0.15) is 0 Å². The fourth-order valence-corrected chi connectivity index (χ4v) is 1.29. The Bertz CT molecular complexity index is 528. The highest BCUT2D eigenvalue weighted by molar-refractivity contribution is 5.58. The first-order valence-corrected chi connectivity index (χ1v) is 4.58. The Morgan fingerprint density at radius 1 is 1.27 bits per heavy atom. The minimum absolute atomic E-state index is 0.00846. The number of rotatable bonds is 1. The van der Waals surface area contributed by atoms with Crippen molar-refractivity contribution in [3.8, 4) is 11.3 Å². The number of aryl methyl sites for hydroxylation is 1. The number of aromatic nitrogens is 2. The van der Waals surface area contributed by atoms with E-state index in [0.29, 0.717) is 5.69 Å². The van der Waals surface area contributed by atoms with Gasteiger partial charge in [-0.05, 0) is 12.5 Å². The van der Waals surface area contributed by atoms with E-state index in [2.05, 4.69) is 9.97 Å². The first kappa shape index (κ1) is 9.45. The molecule has 0 radical (unpaired) electrons. The van der Waals surface area contributed by atoms with Crippen LogP contribution in [0.3, 0.4) is 0 Å². The van der Waals surface area contributed by atoms with E-state index in [9.17, 15) is 4.79 Å². The molecule has 1 heterocycles.